The maximum atomic E-state index is 12.1. The molecule has 1 heterocycles. The van der Waals surface area contributed by atoms with Crippen LogP contribution in [0.3, 0.4) is 0 Å². The van der Waals surface area contributed by atoms with Crippen molar-refractivity contribution < 1.29 is 9.53 Å². The summed E-state index contributed by atoms with van der Waals surface area (Å²) < 4.78 is 5.07. The fourth-order valence-corrected chi connectivity index (χ4v) is 2.46. The number of methoxy groups -OCH3 is 1. The Labute approximate surface area is 128 Å². The van der Waals surface area contributed by atoms with Gasteiger partial charge in [0.25, 0.3) is 0 Å². The third-order valence-corrected chi connectivity index (χ3v) is 3.69. The van der Waals surface area contributed by atoms with Gasteiger partial charge in [-0.05, 0) is 24.8 Å². The maximum Gasteiger partial charge on any atom is 0.245 e. The summed E-state index contributed by atoms with van der Waals surface area (Å²) in [7, 11) is 1.54. The Morgan fingerprint density at radius 2 is 2.05 bits per heavy atom. The summed E-state index contributed by atoms with van der Waals surface area (Å²) in [5.74, 6) is 1.04. The number of hydrogen-bond donors (Lipinski definition) is 2. The molecule has 0 bridgehead atoms. The number of aromatic nitrogens is 2. The van der Waals surface area contributed by atoms with Gasteiger partial charge in [-0.3, -0.25) is 15.6 Å². The molecular formula is C16H18N4O2. The van der Waals surface area contributed by atoms with E-state index < -0.39 is 0 Å². The molecule has 1 fully saturated rings. The van der Waals surface area contributed by atoms with Crippen molar-refractivity contribution in [1.82, 2.24) is 15.4 Å². The predicted octanol–water partition coefficient (Wildman–Crippen LogP) is 2.04. The summed E-state index contributed by atoms with van der Waals surface area (Å²) in [4.78, 5) is 20.5. The van der Waals surface area contributed by atoms with Crippen LogP contribution in [0.15, 0.2) is 36.4 Å². The molecular weight excluding hydrogens is 280 g/mol. The van der Waals surface area contributed by atoms with Crippen LogP contribution >= 0.6 is 0 Å². The molecule has 22 heavy (non-hydrogen) atoms. The number of hydrazine groups is 1. The number of aryl methyl sites for hydroxylation is 1. The van der Waals surface area contributed by atoms with Crippen LogP contribution in [0.5, 0.6) is 5.88 Å². The van der Waals surface area contributed by atoms with Crippen molar-refractivity contribution in [2.75, 3.05) is 12.5 Å². The van der Waals surface area contributed by atoms with Crippen molar-refractivity contribution in [2.24, 2.45) is 5.92 Å². The molecule has 2 aromatic rings. The average Bonchev–Trinajstić information content (AvgIpc) is 3.33. The second-order valence-corrected chi connectivity index (χ2v) is 5.35. The molecule has 6 nitrogen and oxygen atoms in total. The molecule has 0 spiro atoms. The molecule has 2 N–H and O–H groups in total. The van der Waals surface area contributed by atoms with Gasteiger partial charge in [-0.2, -0.15) is 4.98 Å². The van der Waals surface area contributed by atoms with Gasteiger partial charge in [-0.1, -0.05) is 30.3 Å². The number of carbonyl (C=O) groups excluding carboxylic acids is 1. The molecule has 3 rings (SSSR count). The molecule has 1 aliphatic rings. The summed E-state index contributed by atoms with van der Waals surface area (Å²) in [6.07, 6.45) is 0.871. The smallest absolute Gasteiger partial charge is 0.245 e. The SMILES string of the molecule is COc1cc(C)nc(NNC(=O)[C@@H]2C[C@H]2c2ccccc2)n1. The maximum absolute atomic E-state index is 12.1. The zero-order valence-corrected chi connectivity index (χ0v) is 12.5. The third kappa shape index (κ3) is 3.16. The topological polar surface area (TPSA) is 76.1 Å². The first-order chi connectivity index (χ1) is 10.7. The largest absolute Gasteiger partial charge is 0.481 e. The van der Waals surface area contributed by atoms with E-state index in [0.717, 1.165) is 12.1 Å². The highest BCUT2D eigenvalue weighted by Crippen LogP contribution is 2.47. The Bertz CT molecular complexity index is 675. The number of carbonyl (C=O) groups is 1. The second kappa shape index (κ2) is 6.01. The van der Waals surface area contributed by atoms with Crippen LogP contribution in [0, 0.1) is 12.8 Å². The standard InChI is InChI=1S/C16H18N4O2/c1-10-8-14(22-2)18-16(17-10)20-19-15(21)13-9-12(13)11-6-4-3-5-7-11/h3-8,12-13H,9H2,1-2H3,(H,19,21)(H,17,18,20)/t12-,13+/m0/s1. The summed E-state index contributed by atoms with van der Waals surface area (Å²) in [6.45, 7) is 1.84. The van der Waals surface area contributed by atoms with Gasteiger partial charge < -0.3 is 4.74 Å². The number of ether oxygens (including phenoxy) is 1. The summed E-state index contributed by atoms with van der Waals surface area (Å²) in [5, 5.41) is 0. The number of benzene rings is 1. The minimum absolute atomic E-state index is 0.00149. The summed E-state index contributed by atoms with van der Waals surface area (Å²) in [6, 6.07) is 11.8. The number of anilines is 1. The van der Waals surface area contributed by atoms with Gasteiger partial charge >= 0.3 is 0 Å². The van der Waals surface area contributed by atoms with E-state index in [9.17, 15) is 4.79 Å². The van der Waals surface area contributed by atoms with Crippen molar-refractivity contribution in [3.8, 4) is 5.88 Å². The third-order valence-electron chi connectivity index (χ3n) is 3.69. The van der Waals surface area contributed by atoms with Crippen LogP contribution < -0.4 is 15.6 Å². The minimum atomic E-state index is -0.0436. The number of rotatable bonds is 5. The van der Waals surface area contributed by atoms with E-state index >= 15 is 0 Å². The Kier molecular flexibility index (Phi) is 3.91. The number of nitrogens with zero attached hydrogens (tertiary/aromatic N) is 2. The van der Waals surface area contributed by atoms with E-state index in [1.54, 1.807) is 13.2 Å². The molecule has 6 heteroatoms. The average molecular weight is 298 g/mol. The van der Waals surface area contributed by atoms with E-state index in [1.807, 2.05) is 25.1 Å². The summed E-state index contributed by atoms with van der Waals surface area (Å²) in [5.41, 5.74) is 7.39. The Hall–Kier alpha value is -2.63. The molecule has 1 aliphatic carbocycles. The zero-order valence-electron chi connectivity index (χ0n) is 12.5. The lowest BCUT2D eigenvalue weighted by atomic mass is 10.1. The zero-order chi connectivity index (χ0) is 15.5. The Morgan fingerprint density at radius 3 is 2.77 bits per heavy atom. The van der Waals surface area contributed by atoms with E-state index in [4.69, 9.17) is 4.74 Å². The van der Waals surface area contributed by atoms with Gasteiger partial charge in [-0.15, -0.1) is 0 Å². The molecule has 1 aromatic heterocycles. The highest BCUT2D eigenvalue weighted by molar-refractivity contribution is 5.83. The minimum Gasteiger partial charge on any atom is -0.481 e. The Morgan fingerprint density at radius 1 is 1.27 bits per heavy atom. The first-order valence-electron chi connectivity index (χ1n) is 7.18. The highest BCUT2D eigenvalue weighted by Gasteiger charge is 2.43. The lowest BCUT2D eigenvalue weighted by molar-refractivity contribution is -0.121. The van der Waals surface area contributed by atoms with Gasteiger partial charge in [0.1, 0.15) is 0 Å². The van der Waals surface area contributed by atoms with Crippen molar-refractivity contribution in [3.63, 3.8) is 0 Å². The predicted molar refractivity (Wildman–Crippen MR) is 82.4 cm³/mol. The van der Waals surface area contributed by atoms with Crippen LogP contribution in [0.4, 0.5) is 5.95 Å². The Balaban J connectivity index is 1.57. The number of amides is 1. The summed E-state index contributed by atoms with van der Waals surface area (Å²) >= 11 is 0. The lowest BCUT2D eigenvalue weighted by Gasteiger charge is -2.08. The fraction of sp³-hybridized carbons (Fsp3) is 0.312. The number of nitrogens with one attached hydrogen (secondary N) is 2. The first-order valence-corrected chi connectivity index (χ1v) is 7.18. The highest BCUT2D eigenvalue weighted by atomic mass is 16.5. The first kappa shape index (κ1) is 14.3. The van der Waals surface area contributed by atoms with E-state index in [-0.39, 0.29) is 11.8 Å². The van der Waals surface area contributed by atoms with E-state index in [2.05, 4.69) is 33.0 Å². The molecule has 0 aliphatic heterocycles. The van der Waals surface area contributed by atoms with Crippen molar-refractivity contribution >= 4 is 11.9 Å². The quantitative estimate of drug-likeness (QED) is 0.826. The van der Waals surface area contributed by atoms with E-state index in [0.29, 0.717) is 17.7 Å². The molecule has 1 saturated carbocycles. The molecule has 114 valence electrons. The van der Waals surface area contributed by atoms with Crippen molar-refractivity contribution in [3.05, 3.63) is 47.7 Å². The lowest BCUT2D eigenvalue weighted by Crippen LogP contribution is -2.32. The van der Waals surface area contributed by atoms with Crippen molar-refractivity contribution in [1.29, 1.82) is 0 Å². The molecule has 0 saturated heterocycles. The van der Waals surface area contributed by atoms with Crippen LogP contribution in [-0.4, -0.2) is 23.0 Å². The van der Waals surface area contributed by atoms with E-state index in [1.165, 1.54) is 5.56 Å². The molecule has 1 aromatic carbocycles. The molecule has 0 radical (unpaired) electrons. The van der Waals surface area contributed by atoms with Crippen LogP contribution in [0.2, 0.25) is 0 Å². The van der Waals surface area contributed by atoms with Gasteiger partial charge in [0.15, 0.2) is 0 Å². The van der Waals surface area contributed by atoms with Crippen LogP contribution in [-0.2, 0) is 4.79 Å². The van der Waals surface area contributed by atoms with Gasteiger partial charge in [0.05, 0.1) is 7.11 Å². The monoisotopic (exact) mass is 298 g/mol. The number of hydrogen-bond acceptors (Lipinski definition) is 5. The van der Waals surface area contributed by atoms with Gasteiger partial charge in [0.2, 0.25) is 17.7 Å². The van der Waals surface area contributed by atoms with Gasteiger partial charge in [-0.25, -0.2) is 4.98 Å². The van der Waals surface area contributed by atoms with Gasteiger partial charge in [0, 0.05) is 17.7 Å². The fourth-order valence-electron chi connectivity index (χ4n) is 2.46. The second-order valence-electron chi connectivity index (χ2n) is 5.35. The van der Waals surface area contributed by atoms with Crippen LogP contribution in [0.25, 0.3) is 0 Å². The van der Waals surface area contributed by atoms with Crippen LogP contribution in [0.1, 0.15) is 23.6 Å². The van der Waals surface area contributed by atoms with Crippen molar-refractivity contribution in [2.45, 2.75) is 19.3 Å². The molecule has 0 unspecified atom stereocenters. The molecule has 1 amide bonds. The normalized spacial score (nSPS) is 19.4. The molecule has 2 atom stereocenters.